The number of nitrogens with zero attached hydrogens (tertiary/aromatic N) is 3. The van der Waals surface area contributed by atoms with Gasteiger partial charge in [0.05, 0.1) is 17.6 Å². The highest BCUT2D eigenvalue weighted by molar-refractivity contribution is 6.31. The summed E-state index contributed by atoms with van der Waals surface area (Å²) in [5.41, 5.74) is 5.00. The molecule has 1 amide bonds. The molecular formula is C26H32ClN3O. The molecule has 1 aliphatic rings. The number of imidazole rings is 1. The maximum atomic E-state index is 13.6. The van der Waals surface area contributed by atoms with Crippen molar-refractivity contribution in [3.63, 3.8) is 0 Å². The topological polar surface area (TPSA) is 38.1 Å². The van der Waals surface area contributed by atoms with Crippen LogP contribution in [-0.4, -0.2) is 26.9 Å². The van der Waals surface area contributed by atoms with Gasteiger partial charge in [-0.1, -0.05) is 56.0 Å². The second-order valence-electron chi connectivity index (χ2n) is 9.37. The minimum Gasteiger partial charge on any atom is -0.331 e. The number of carbonyl (C=O) groups is 1. The number of aryl methyl sites for hydroxylation is 2. The van der Waals surface area contributed by atoms with E-state index in [1.54, 1.807) is 0 Å². The summed E-state index contributed by atoms with van der Waals surface area (Å²) in [6.07, 6.45) is 4.78. The first-order valence-electron chi connectivity index (χ1n) is 11.4. The molecule has 1 heterocycles. The SMILES string of the molecule is Cc1ccc(C(=O)N(Cc2nc3ccc(Cl)cc3n2C2CCCC2)CC(C)C)c(C)c1. The van der Waals surface area contributed by atoms with E-state index in [1.807, 2.05) is 42.2 Å². The van der Waals surface area contributed by atoms with E-state index >= 15 is 0 Å². The molecule has 3 aromatic rings. The van der Waals surface area contributed by atoms with E-state index in [2.05, 4.69) is 31.4 Å². The van der Waals surface area contributed by atoms with Crippen molar-refractivity contribution in [1.29, 1.82) is 0 Å². The van der Waals surface area contributed by atoms with Crippen molar-refractivity contribution in [3.8, 4) is 0 Å². The van der Waals surface area contributed by atoms with Crippen molar-refractivity contribution in [2.75, 3.05) is 6.54 Å². The average molecular weight is 438 g/mol. The van der Waals surface area contributed by atoms with Gasteiger partial charge in [-0.15, -0.1) is 0 Å². The van der Waals surface area contributed by atoms with Crippen molar-refractivity contribution in [1.82, 2.24) is 14.5 Å². The molecular weight excluding hydrogens is 406 g/mol. The van der Waals surface area contributed by atoms with Crippen LogP contribution in [0.15, 0.2) is 36.4 Å². The maximum Gasteiger partial charge on any atom is 0.254 e. The number of fused-ring (bicyclic) bond motifs is 1. The van der Waals surface area contributed by atoms with E-state index in [4.69, 9.17) is 16.6 Å². The summed E-state index contributed by atoms with van der Waals surface area (Å²) in [5, 5.41) is 0.726. The van der Waals surface area contributed by atoms with Gasteiger partial charge >= 0.3 is 0 Å². The van der Waals surface area contributed by atoms with Gasteiger partial charge in [-0.25, -0.2) is 4.98 Å². The Morgan fingerprint density at radius 3 is 2.58 bits per heavy atom. The molecule has 0 bridgehead atoms. The predicted octanol–water partition coefficient (Wildman–Crippen LogP) is 6.72. The fourth-order valence-corrected chi connectivity index (χ4v) is 5.02. The second kappa shape index (κ2) is 9.04. The summed E-state index contributed by atoms with van der Waals surface area (Å²) in [5.74, 6) is 1.41. The lowest BCUT2D eigenvalue weighted by Gasteiger charge is -2.27. The lowest BCUT2D eigenvalue weighted by atomic mass is 10.0. The Bertz CT molecular complexity index is 1100. The van der Waals surface area contributed by atoms with Gasteiger partial charge in [-0.3, -0.25) is 4.79 Å². The summed E-state index contributed by atoms with van der Waals surface area (Å²) in [4.78, 5) is 20.5. The van der Waals surface area contributed by atoms with E-state index in [0.717, 1.165) is 45.8 Å². The lowest BCUT2D eigenvalue weighted by molar-refractivity contribution is 0.0714. The number of hydrogen-bond donors (Lipinski definition) is 0. The summed E-state index contributed by atoms with van der Waals surface area (Å²) >= 11 is 6.34. The number of rotatable bonds is 6. The van der Waals surface area contributed by atoms with E-state index in [9.17, 15) is 4.79 Å². The van der Waals surface area contributed by atoms with Crippen LogP contribution in [0.2, 0.25) is 5.02 Å². The molecule has 1 saturated carbocycles. The molecule has 31 heavy (non-hydrogen) atoms. The molecule has 0 radical (unpaired) electrons. The summed E-state index contributed by atoms with van der Waals surface area (Å²) in [6.45, 7) is 9.59. The van der Waals surface area contributed by atoms with Crippen LogP contribution in [0.3, 0.4) is 0 Å². The van der Waals surface area contributed by atoms with Crippen molar-refractivity contribution in [3.05, 3.63) is 63.9 Å². The first kappa shape index (κ1) is 21.9. The molecule has 0 spiro atoms. The van der Waals surface area contributed by atoms with Gasteiger partial charge < -0.3 is 9.47 Å². The van der Waals surface area contributed by atoms with Crippen molar-refractivity contribution < 1.29 is 4.79 Å². The van der Waals surface area contributed by atoms with Crippen molar-refractivity contribution in [2.24, 2.45) is 5.92 Å². The third kappa shape index (κ3) is 4.64. The van der Waals surface area contributed by atoms with Gasteiger partial charge in [0.15, 0.2) is 0 Å². The molecule has 1 aromatic heterocycles. The molecule has 0 saturated heterocycles. The number of aromatic nitrogens is 2. The predicted molar refractivity (Wildman–Crippen MR) is 128 cm³/mol. The lowest BCUT2D eigenvalue weighted by Crippen LogP contribution is -2.35. The van der Waals surface area contributed by atoms with E-state index in [1.165, 1.54) is 18.4 Å². The highest BCUT2D eigenvalue weighted by Crippen LogP contribution is 2.35. The number of benzene rings is 2. The standard InChI is InChI=1S/C26H32ClN3O/c1-17(2)15-29(26(31)22-11-9-18(3)13-19(22)4)16-25-28-23-12-10-20(27)14-24(23)30(25)21-7-5-6-8-21/h9-14,17,21H,5-8,15-16H2,1-4H3. The third-order valence-electron chi connectivity index (χ3n) is 6.23. The molecule has 4 nitrogen and oxygen atoms in total. The van der Waals surface area contributed by atoms with Crippen LogP contribution in [0.5, 0.6) is 0 Å². The number of halogens is 1. The highest BCUT2D eigenvalue weighted by Gasteiger charge is 2.26. The largest absolute Gasteiger partial charge is 0.331 e. The molecule has 0 unspecified atom stereocenters. The number of carbonyl (C=O) groups excluding carboxylic acids is 1. The monoisotopic (exact) mass is 437 g/mol. The fourth-order valence-electron chi connectivity index (χ4n) is 4.85. The Hall–Kier alpha value is -2.33. The van der Waals surface area contributed by atoms with Crippen molar-refractivity contribution in [2.45, 2.75) is 66.0 Å². The molecule has 4 rings (SSSR count). The van der Waals surface area contributed by atoms with Crippen LogP contribution in [0, 0.1) is 19.8 Å². The van der Waals surface area contributed by atoms with Crippen LogP contribution >= 0.6 is 11.6 Å². The molecule has 5 heteroatoms. The minimum atomic E-state index is 0.0780. The first-order chi connectivity index (χ1) is 14.8. The Balaban J connectivity index is 1.74. The fraction of sp³-hybridized carbons (Fsp3) is 0.462. The molecule has 164 valence electrons. The van der Waals surface area contributed by atoms with Crippen LogP contribution in [0.4, 0.5) is 0 Å². The molecule has 2 aromatic carbocycles. The number of amides is 1. The summed E-state index contributed by atoms with van der Waals surface area (Å²) < 4.78 is 2.36. The van der Waals surface area contributed by atoms with Crippen LogP contribution in [-0.2, 0) is 6.54 Å². The Morgan fingerprint density at radius 1 is 1.16 bits per heavy atom. The maximum absolute atomic E-state index is 13.6. The summed E-state index contributed by atoms with van der Waals surface area (Å²) in [7, 11) is 0. The Labute approximate surface area is 190 Å². The zero-order valence-corrected chi connectivity index (χ0v) is 19.7. The zero-order chi connectivity index (χ0) is 22.1. The van der Waals surface area contributed by atoms with Gasteiger partial charge in [0.2, 0.25) is 0 Å². The van der Waals surface area contributed by atoms with E-state index in [0.29, 0.717) is 25.0 Å². The smallest absolute Gasteiger partial charge is 0.254 e. The highest BCUT2D eigenvalue weighted by atomic mass is 35.5. The summed E-state index contributed by atoms with van der Waals surface area (Å²) in [6, 6.07) is 12.4. The van der Waals surface area contributed by atoms with E-state index in [-0.39, 0.29) is 5.91 Å². The first-order valence-corrected chi connectivity index (χ1v) is 11.7. The Kier molecular flexibility index (Phi) is 6.38. The quantitative estimate of drug-likeness (QED) is 0.429. The molecule has 0 aliphatic heterocycles. The third-order valence-corrected chi connectivity index (χ3v) is 6.47. The Morgan fingerprint density at radius 2 is 1.90 bits per heavy atom. The van der Waals surface area contributed by atoms with Gasteiger partial charge in [-0.05, 0) is 62.4 Å². The second-order valence-corrected chi connectivity index (χ2v) is 9.80. The average Bonchev–Trinajstić information content (AvgIpc) is 3.33. The number of hydrogen-bond acceptors (Lipinski definition) is 2. The van der Waals surface area contributed by atoms with Crippen LogP contribution in [0.25, 0.3) is 11.0 Å². The van der Waals surface area contributed by atoms with Crippen LogP contribution < -0.4 is 0 Å². The minimum absolute atomic E-state index is 0.0780. The van der Waals surface area contributed by atoms with Crippen LogP contribution in [0.1, 0.15) is 72.9 Å². The van der Waals surface area contributed by atoms with Gasteiger partial charge in [0, 0.05) is 23.2 Å². The zero-order valence-electron chi connectivity index (χ0n) is 19.0. The van der Waals surface area contributed by atoms with Gasteiger partial charge in [0.1, 0.15) is 5.82 Å². The van der Waals surface area contributed by atoms with Crippen molar-refractivity contribution >= 4 is 28.5 Å². The van der Waals surface area contributed by atoms with E-state index < -0.39 is 0 Å². The normalized spacial score (nSPS) is 14.6. The molecule has 1 fully saturated rings. The molecule has 0 N–H and O–H groups in total. The van der Waals surface area contributed by atoms with Gasteiger partial charge in [0.25, 0.3) is 5.91 Å². The molecule has 0 atom stereocenters. The van der Waals surface area contributed by atoms with Gasteiger partial charge in [-0.2, -0.15) is 0 Å². The molecule has 1 aliphatic carbocycles.